The fourth-order valence-corrected chi connectivity index (χ4v) is 8.45. The lowest BCUT2D eigenvalue weighted by atomic mass is 9.40. The van der Waals surface area contributed by atoms with Crippen molar-refractivity contribution in [3.63, 3.8) is 0 Å². The van der Waals surface area contributed by atoms with Crippen LogP contribution in [0.3, 0.4) is 0 Å². The van der Waals surface area contributed by atoms with Gasteiger partial charge in [0.1, 0.15) is 16.8 Å². The average molecular weight is 459 g/mol. The molecule has 7 atom stereocenters. The van der Waals surface area contributed by atoms with Gasteiger partial charge in [-0.1, -0.05) is 32.1 Å². The summed E-state index contributed by atoms with van der Waals surface area (Å²) in [5, 5.41) is 45.9. The zero-order chi connectivity index (χ0) is 24.1. The molecule has 3 aliphatic heterocycles. The molecule has 2 saturated heterocycles. The van der Waals surface area contributed by atoms with E-state index in [1.165, 1.54) is 0 Å². The Labute approximate surface area is 194 Å². The van der Waals surface area contributed by atoms with Crippen LogP contribution in [0.1, 0.15) is 32.8 Å². The molecule has 8 nitrogen and oxygen atoms in total. The van der Waals surface area contributed by atoms with Crippen molar-refractivity contribution in [3.05, 3.63) is 35.4 Å². The van der Waals surface area contributed by atoms with Crippen LogP contribution in [0.15, 0.2) is 29.8 Å². The molecule has 33 heavy (non-hydrogen) atoms. The smallest absolute Gasteiger partial charge is 0.316 e. The zero-order valence-electron chi connectivity index (χ0n) is 19.8. The Morgan fingerprint density at radius 2 is 1.97 bits per heavy atom. The number of carbonyl (C=O) groups is 1. The molecule has 0 amide bonds. The number of benzene rings is 1. The summed E-state index contributed by atoms with van der Waals surface area (Å²) in [5.74, 6) is -2.28. The first-order valence-corrected chi connectivity index (χ1v) is 11.7. The van der Waals surface area contributed by atoms with Crippen molar-refractivity contribution < 1.29 is 30.0 Å². The first-order valence-electron chi connectivity index (χ1n) is 11.7. The van der Waals surface area contributed by atoms with E-state index in [2.05, 4.69) is 0 Å². The summed E-state index contributed by atoms with van der Waals surface area (Å²) in [6.45, 7) is 6.49. The van der Waals surface area contributed by atoms with Crippen molar-refractivity contribution in [2.45, 2.75) is 50.7 Å². The number of hydrogen-bond acceptors (Lipinski definition) is 7. The summed E-state index contributed by atoms with van der Waals surface area (Å²) in [4.78, 5) is 17.5. The number of likely N-dealkylation sites (tertiary alicyclic amines) is 1. The number of nitrogens with zero attached hydrogens (tertiary/aromatic N) is 2. The predicted molar refractivity (Wildman–Crippen MR) is 122 cm³/mol. The van der Waals surface area contributed by atoms with Crippen molar-refractivity contribution in [3.8, 4) is 5.75 Å². The number of aromatic hydroxyl groups is 1. The lowest BCUT2D eigenvalue weighted by Gasteiger charge is -2.68. The van der Waals surface area contributed by atoms with Crippen LogP contribution in [0.25, 0.3) is 0 Å². The van der Waals surface area contributed by atoms with Crippen LogP contribution in [0.2, 0.25) is 0 Å². The topological polar surface area (TPSA) is 114 Å². The number of phenols is 1. The van der Waals surface area contributed by atoms with Crippen molar-refractivity contribution in [1.29, 1.82) is 0 Å². The monoisotopic (exact) mass is 458 g/mol. The van der Waals surface area contributed by atoms with Crippen molar-refractivity contribution in [1.82, 2.24) is 4.90 Å². The number of carboxylic acids is 1. The van der Waals surface area contributed by atoms with E-state index in [4.69, 9.17) is 4.74 Å². The minimum absolute atomic E-state index is 0.0290. The molecule has 3 fully saturated rings. The first-order chi connectivity index (χ1) is 15.6. The van der Waals surface area contributed by atoms with E-state index in [1.807, 2.05) is 56.8 Å². The minimum Gasteiger partial charge on any atom is -0.506 e. The van der Waals surface area contributed by atoms with Gasteiger partial charge in [0.25, 0.3) is 0 Å². The number of fused-ring (bicyclic) bond motifs is 2. The molecule has 5 rings (SSSR count). The number of likely N-dealkylation sites (N-methyl/N-ethyl adjacent to an activating group) is 2. The maximum Gasteiger partial charge on any atom is 0.316 e. The lowest BCUT2D eigenvalue weighted by Crippen LogP contribution is -2.83. The van der Waals surface area contributed by atoms with Gasteiger partial charge in [-0.3, -0.25) is 9.69 Å². The van der Waals surface area contributed by atoms with E-state index in [-0.39, 0.29) is 18.3 Å². The van der Waals surface area contributed by atoms with Gasteiger partial charge >= 0.3 is 5.97 Å². The van der Waals surface area contributed by atoms with Crippen molar-refractivity contribution >= 4 is 11.7 Å². The zero-order valence-corrected chi connectivity index (χ0v) is 19.8. The van der Waals surface area contributed by atoms with Crippen LogP contribution in [-0.2, 0) is 14.9 Å². The fourth-order valence-electron chi connectivity index (χ4n) is 8.45. The summed E-state index contributed by atoms with van der Waals surface area (Å²) >= 11 is 0. The number of aliphatic hydroxyl groups is 2. The Balaban J connectivity index is 2.00. The molecule has 4 N–H and O–H groups in total. The number of aliphatic hydroxyl groups excluding tert-OH is 2. The van der Waals surface area contributed by atoms with Crippen LogP contribution >= 0.6 is 0 Å². The van der Waals surface area contributed by atoms with E-state index < -0.39 is 46.7 Å². The predicted octanol–water partition coefficient (Wildman–Crippen LogP) is 1.74. The molecule has 0 bridgehead atoms. The highest BCUT2D eigenvalue weighted by Gasteiger charge is 2.86. The Bertz CT molecular complexity index is 1040. The van der Waals surface area contributed by atoms with Crippen molar-refractivity contribution in [2.24, 2.45) is 23.2 Å². The third-order valence-electron chi connectivity index (χ3n) is 9.40. The number of phenolic OH excluding ortho intramolecular Hbond substituents is 1. The normalized spacial score (nSPS) is 43.4. The van der Waals surface area contributed by atoms with E-state index in [9.17, 15) is 25.2 Å². The fraction of sp³-hybridized carbons (Fsp3) is 0.640. The third-order valence-corrected chi connectivity index (χ3v) is 9.40. The summed E-state index contributed by atoms with van der Waals surface area (Å²) in [6.07, 6.45) is -0.253. The molecular weight excluding hydrogens is 424 g/mol. The molecule has 0 aromatic heterocycles. The Kier molecular flexibility index (Phi) is 4.77. The second-order valence-electron chi connectivity index (χ2n) is 10.5. The number of carboxylic acid groups (broad SMARTS) is 1. The van der Waals surface area contributed by atoms with Gasteiger partial charge in [0, 0.05) is 19.5 Å². The van der Waals surface area contributed by atoms with E-state index >= 15 is 0 Å². The number of para-hydroxylation sites is 1. The Hall–Kier alpha value is -2.13. The number of allylic oxidation sites excluding steroid dienone is 1. The molecule has 1 aromatic carbocycles. The number of ether oxygens (including phenoxy) is 1. The lowest BCUT2D eigenvalue weighted by molar-refractivity contribution is -0.286. The SMILES string of the molecule is CC=C1COC(O)C2(C(=O)O)C1C(C(C)C)C(O)C13N(C)CCC21c1cccc(O)c1N3C. The second-order valence-corrected chi connectivity index (χ2v) is 10.5. The maximum absolute atomic E-state index is 13.6. The van der Waals surface area contributed by atoms with Gasteiger partial charge in [-0.25, -0.2) is 0 Å². The molecule has 1 aromatic rings. The highest BCUT2D eigenvalue weighted by atomic mass is 16.6. The van der Waals surface area contributed by atoms with Gasteiger partial charge in [0.15, 0.2) is 6.29 Å². The molecule has 0 radical (unpaired) electrons. The molecule has 3 heterocycles. The van der Waals surface area contributed by atoms with Gasteiger partial charge in [0.2, 0.25) is 0 Å². The summed E-state index contributed by atoms with van der Waals surface area (Å²) in [5.41, 5.74) is -2.24. The molecule has 0 spiro atoms. The number of rotatable bonds is 2. The van der Waals surface area contributed by atoms with Crippen molar-refractivity contribution in [2.75, 3.05) is 32.1 Å². The van der Waals surface area contributed by atoms with Gasteiger partial charge in [-0.2, -0.15) is 0 Å². The summed E-state index contributed by atoms with van der Waals surface area (Å²) in [6, 6.07) is 5.13. The van der Waals surface area contributed by atoms with E-state index in [1.54, 1.807) is 12.1 Å². The number of anilines is 1. The van der Waals surface area contributed by atoms with Crippen LogP contribution in [0, 0.1) is 23.2 Å². The summed E-state index contributed by atoms with van der Waals surface area (Å²) < 4.78 is 5.83. The number of aliphatic carboxylic acids is 1. The average Bonchev–Trinajstić information content (AvgIpc) is 3.20. The van der Waals surface area contributed by atoms with Crippen LogP contribution in [-0.4, -0.2) is 76.6 Å². The molecule has 7 unspecified atom stereocenters. The first kappa shape index (κ1) is 22.7. The standard InChI is InChI=1S/C25H34N2O6/c1-6-14-12-33-22(32)24(21(30)31)18(14)17(13(2)3)20(29)25-23(24,10-11-26(25)4)15-8-7-9-16(28)19(15)27(25)5/h6-9,13,17-18,20,22,28-29,32H,10-12H2,1-5H3,(H,30,31). The van der Waals surface area contributed by atoms with Gasteiger partial charge in [-0.05, 0) is 49.4 Å². The van der Waals surface area contributed by atoms with E-state index in [0.717, 1.165) is 5.57 Å². The highest BCUT2D eigenvalue weighted by Crippen LogP contribution is 2.76. The quantitative estimate of drug-likeness (QED) is 0.496. The third kappa shape index (κ3) is 2.11. The number of hydrogen-bond donors (Lipinski definition) is 4. The molecule has 180 valence electrons. The highest BCUT2D eigenvalue weighted by molar-refractivity contribution is 5.86. The van der Waals surface area contributed by atoms with Crippen LogP contribution in [0.4, 0.5) is 5.69 Å². The molecule has 8 heteroatoms. The van der Waals surface area contributed by atoms with Gasteiger partial charge < -0.3 is 30.1 Å². The largest absolute Gasteiger partial charge is 0.506 e. The van der Waals surface area contributed by atoms with Gasteiger partial charge in [0.05, 0.1) is 23.8 Å². The Morgan fingerprint density at radius 1 is 1.27 bits per heavy atom. The Morgan fingerprint density at radius 3 is 2.58 bits per heavy atom. The van der Waals surface area contributed by atoms with Crippen LogP contribution < -0.4 is 4.90 Å². The molecular formula is C25H34N2O6. The second kappa shape index (κ2) is 6.95. The molecule has 1 aliphatic carbocycles. The summed E-state index contributed by atoms with van der Waals surface area (Å²) in [7, 11) is 3.70. The molecule has 1 saturated carbocycles. The minimum atomic E-state index is -1.76. The van der Waals surface area contributed by atoms with Gasteiger partial charge in [-0.15, -0.1) is 0 Å². The maximum atomic E-state index is 13.6. The van der Waals surface area contributed by atoms with E-state index in [0.29, 0.717) is 24.2 Å². The molecule has 4 aliphatic rings. The van der Waals surface area contributed by atoms with Crippen LogP contribution in [0.5, 0.6) is 5.75 Å².